The Morgan fingerprint density at radius 1 is 1.29 bits per heavy atom. The van der Waals surface area contributed by atoms with Crippen molar-refractivity contribution in [2.75, 3.05) is 31.1 Å². The monoisotopic (exact) mass is 284 g/mol. The number of hydrogen-bond acceptors (Lipinski definition) is 5. The summed E-state index contributed by atoms with van der Waals surface area (Å²) in [5, 5.41) is 3.45. The number of nitrogens with zero attached hydrogens (tertiary/aromatic N) is 3. The summed E-state index contributed by atoms with van der Waals surface area (Å²) in [4.78, 5) is 10.9. The summed E-state index contributed by atoms with van der Waals surface area (Å²) in [5.41, 5.74) is 1.26. The van der Waals surface area contributed by atoms with Crippen LogP contribution in [-0.4, -0.2) is 36.2 Å². The first kappa shape index (κ1) is 13.8. The molecule has 110 valence electrons. The highest BCUT2D eigenvalue weighted by Gasteiger charge is 2.24. The molecule has 5 heteroatoms. The Balaban J connectivity index is 1.84. The van der Waals surface area contributed by atoms with Gasteiger partial charge in [-0.2, -0.15) is 0 Å². The van der Waals surface area contributed by atoms with Gasteiger partial charge in [0, 0.05) is 32.0 Å². The molecule has 2 aromatic rings. The van der Waals surface area contributed by atoms with Gasteiger partial charge in [-0.1, -0.05) is 12.1 Å². The highest BCUT2D eigenvalue weighted by molar-refractivity contribution is 5.42. The molecule has 0 aliphatic carbocycles. The van der Waals surface area contributed by atoms with Gasteiger partial charge >= 0.3 is 0 Å². The predicted octanol–water partition coefficient (Wildman–Crippen LogP) is 2.03. The molecule has 1 aromatic carbocycles. The zero-order valence-corrected chi connectivity index (χ0v) is 12.2. The lowest BCUT2D eigenvalue weighted by molar-refractivity contribution is 0.340. The van der Waals surface area contributed by atoms with Gasteiger partial charge in [-0.15, -0.1) is 0 Å². The number of benzene rings is 1. The SMILES string of the molecule is CCOc1ccc(C2CNCCN2c2cnccn2)cc1. The first-order chi connectivity index (χ1) is 10.4. The number of piperazine rings is 1. The van der Waals surface area contributed by atoms with Gasteiger partial charge in [-0.25, -0.2) is 4.98 Å². The summed E-state index contributed by atoms with van der Waals surface area (Å²) in [6, 6.07) is 8.59. The van der Waals surface area contributed by atoms with Crippen molar-refractivity contribution in [1.82, 2.24) is 15.3 Å². The minimum atomic E-state index is 0.270. The van der Waals surface area contributed by atoms with E-state index >= 15 is 0 Å². The van der Waals surface area contributed by atoms with E-state index in [1.807, 2.05) is 25.3 Å². The van der Waals surface area contributed by atoms with Crippen molar-refractivity contribution in [3.8, 4) is 5.75 Å². The molecule has 3 rings (SSSR count). The third kappa shape index (κ3) is 3.13. The summed E-state index contributed by atoms with van der Waals surface area (Å²) in [7, 11) is 0. The molecule has 2 heterocycles. The van der Waals surface area contributed by atoms with Crippen molar-refractivity contribution >= 4 is 5.82 Å². The number of hydrogen-bond donors (Lipinski definition) is 1. The van der Waals surface area contributed by atoms with Gasteiger partial charge in [0.15, 0.2) is 0 Å². The summed E-state index contributed by atoms with van der Waals surface area (Å²) in [6.45, 7) is 5.48. The lowest BCUT2D eigenvalue weighted by Crippen LogP contribution is -2.46. The van der Waals surface area contributed by atoms with E-state index in [1.54, 1.807) is 12.4 Å². The Bertz CT molecular complexity index is 558. The highest BCUT2D eigenvalue weighted by atomic mass is 16.5. The van der Waals surface area contributed by atoms with Gasteiger partial charge in [0.25, 0.3) is 0 Å². The average Bonchev–Trinajstić information content (AvgIpc) is 2.57. The summed E-state index contributed by atoms with van der Waals surface area (Å²) >= 11 is 0. The van der Waals surface area contributed by atoms with Crippen molar-refractivity contribution in [3.63, 3.8) is 0 Å². The smallest absolute Gasteiger partial charge is 0.147 e. The molecule has 1 fully saturated rings. The molecule has 0 bridgehead atoms. The van der Waals surface area contributed by atoms with Crippen molar-refractivity contribution in [2.24, 2.45) is 0 Å². The van der Waals surface area contributed by atoms with Crippen LogP contribution in [0.2, 0.25) is 0 Å². The summed E-state index contributed by atoms with van der Waals surface area (Å²) < 4.78 is 5.51. The number of ether oxygens (including phenoxy) is 1. The van der Waals surface area contributed by atoms with Crippen LogP contribution >= 0.6 is 0 Å². The van der Waals surface area contributed by atoms with Gasteiger partial charge in [0.2, 0.25) is 0 Å². The molecule has 1 saturated heterocycles. The largest absolute Gasteiger partial charge is 0.494 e. The van der Waals surface area contributed by atoms with Crippen LogP contribution in [0.3, 0.4) is 0 Å². The van der Waals surface area contributed by atoms with Crippen LogP contribution in [0.4, 0.5) is 5.82 Å². The fourth-order valence-corrected chi connectivity index (χ4v) is 2.67. The molecule has 1 unspecified atom stereocenters. The molecule has 1 aromatic heterocycles. The molecule has 1 aliphatic rings. The van der Waals surface area contributed by atoms with E-state index in [9.17, 15) is 0 Å². The number of rotatable bonds is 4. The zero-order chi connectivity index (χ0) is 14.5. The van der Waals surface area contributed by atoms with Gasteiger partial charge in [0.05, 0.1) is 18.8 Å². The molecule has 0 radical (unpaired) electrons. The van der Waals surface area contributed by atoms with Crippen LogP contribution in [0.1, 0.15) is 18.5 Å². The number of aromatic nitrogens is 2. The molecule has 0 saturated carbocycles. The standard InChI is InChI=1S/C16H20N4O/c1-2-21-14-5-3-13(4-6-14)15-11-18-9-10-20(15)16-12-17-7-8-19-16/h3-8,12,15,18H,2,9-11H2,1H3. The van der Waals surface area contributed by atoms with Gasteiger partial charge in [0.1, 0.15) is 11.6 Å². The normalized spacial score (nSPS) is 18.5. The summed E-state index contributed by atoms with van der Waals surface area (Å²) in [5.74, 6) is 1.84. The summed E-state index contributed by atoms with van der Waals surface area (Å²) in [6.07, 6.45) is 5.27. The van der Waals surface area contributed by atoms with Gasteiger partial charge in [-0.3, -0.25) is 4.98 Å². The highest BCUT2D eigenvalue weighted by Crippen LogP contribution is 2.27. The van der Waals surface area contributed by atoms with Gasteiger partial charge in [-0.05, 0) is 24.6 Å². The number of anilines is 1. The lowest BCUT2D eigenvalue weighted by Gasteiger charge is -2.37. The van der Waals surface area contributed by atoms with Crippen molar-refractivity contribution in [1.29, 1.82) is 0 Å². The van der Waals surface area contributed by atoms with Crippen LogP contribution < -0.4 is 15.0 Å². The van der Waals surface area contributed by atoms with E-state index in [-0.39, 0.29) is 6.04 Å². The molecule has 1 aliphatic heterocycles. The van der Waals surface area contributed by atoms with Crippen molar-refractivity contribution < 1.29 is 4.74 Å². The maximum Gasteiger partial charge on any atom is 0.147 e. The minimum absolute atomic E-state index is 0.270. The molecule has 0 amide bonds. The van der Waals surface area contributed by atoms with Crippen molar-refractivity contribution in [2.45, 2.75) is 13.0 Å². The molecule has 0 spiro atoms. The Morgan fingerprint density at radius 3 is 2.86 bits per heavy atom. The van der Waals surface area contributed by atoms with Crippen LogP contribution in [0.25, 0.3) is 0 Å². The fraction of sp³-hybridized carbons (Fsp3) is 0.375. The first-order valence-corrected chi connectivity index (χ1v) is 7.34. The van der Waals surface area contributed by atoms with Gasteiger partial charge < -0.3 is 15.0 Å². The van der Waals surface area contributed by atoms with E-state index in [4.69, 9.17) is 4.74 Å². The van der Waals surface area contributed by atoms with Crippen molar-refractivity contribution in [3.05, 3.63) is 48.4 Å². The lowest BCUT2D eigenvalue weighted by atomic mass is 10.0. The zero-order valence-electron chi connectivity index (χ0n) is 12.2. The van der Waals surface area contributed by atoms with E-state index < -0.39 is 0 Å². The second-order valence-corrected chi connectivity index (χ2v) is 4.98. The fourth-order valence-electron chi connectivity index (χ4n) is 2.67. The first-order valence-electron chi connectivity index (χ1n) is 7.34. The molecule has 1 N–H and O–H groups in total. The maximum atomic E-state index is 5.51. The van der Waals surface area contributed by atoms with Crippen LogP contribution in [-0.2, 0) is 0 Å². The third-order valence-electron chi connectivity index (χ3n) is 3.66. The van der Waals surface area contributed by atoms with Crippen LogP contribution in [0, 0.1) is 0 Å². The molecular weight excluding hydrogens is 264 g/mol. The molecule has 1 atom stereocenters. The third-order valence-corrected chi connectivity index (χ3v) is 3.66. The predicted molar refractivity (Wildman–Crippen MR) is 82.6 cm³/mol. The maximum absolute atomic E-state index is 5.51. The second-order valence-electron chi connectivity index (χ2n) is 4.98. The van der Waals surface area contributed by atoms with E-state index in [0.717, 1.165) is 31.2 Å². The Hall–Kier alpha value is -2.14. The minimum Gasteiger partial charge on any atom is -0.494 e. The number of nitrogens with one attached hydrogen (secondary N) is 1. The molecular formula is C16H20N4O. The quantitative estimate of drug-likeness (QED) is 0.931. The molecule has 5 nitrogen and oxygen atoms in total. The van der Waals surface area contributed by atoms with Crippen LogP contribution in [0.15, 0.2) is 42.9 Å². The van der Waals surface area contributed by atoms with E-state index in [2.05, 4.69) is 32.3 Å². The Kier molecular flexibility index (Phi) is 4.31. The topological polar surface area (TPSA) is 50.3 Å². The average molecular weight is 284 g/mol. The van der Waals surface area contributed by atoms with Crippen LogP contribution in [0.5, 0.6) is 5.75 Å². The second kappa shape index (κ2) is 6.54. The Labute approximate surface area is 125 Å². The molecule has 21 heavy (non-hydrogen) atoms. The van der Waals surface area contributed by atoms with E-state index in [0.29, 0.717) is 6.61 Å². The Morgan fingerprint density at radius 2 is 2.14 bits per heavy atom. The van der Waals surface area contributed by atoms with E-state index in [1.165, 1.54) is 5.56 Å².